The number of nitrogens with one attached hydrogen (secondary N) is 1. The molecule has 0 fully saturated rings. The van der Waals surface area contributed by atoms with Crippen LogP contribution in [-0.2, 0) is 20.1 Å². The minimum Gasteiger partial charge on any atom is -0.349 e. The van der Waals surface area contributed by atoms with E-state index in [1.165, 1.54) is 0 Å². The molecule has 1 unspecified atom stereocenters. The minimum atomic E-state index is -0.987. The first-order valence-corrected chi connectivity index (χ1v) is 5.16. The number of rotatable bonds is 2. The van der Waals surface area contributed by atoms with Crippen molar-refractivity contribution in [3.05, 3.63) is 29.8 Å². The molecule has 0 radical (unpaired) electrons. The Labute approximate surface area is 94.6 Å². The Kier molecular flexibility index (Phi) is 2.69. The molecule has 1 aliphatic heterocycles. The molecule has 4 nitrogen and oxygen atoms in total. The number of anilines is 1. The lowest BCUT2D eigenvalue weighted by Gasteiger charge is -2.40. The van der Waals surface area contributed by atoms with Crippen molar-refractivity contribution in [2.75, 3.05) is 19.5 Å². The maximum atomic E-state index is 11.8. The molecule has 0 saturated heterocycles. The number of benzene rings is 1. The van der Waals surface area contributed by atoms with E-state index in [1.807, 2.05) is 24.3 Å². The second-order valence-electron chi connectivity index (χ2n) is 3.83. The Hall–Kier alpha value is -1.39. The molecule has 1 aromatic carbocycles. The molecule has 1 atom stereocenters. The molecule has 2 rings (SSSR count). The zero-order valence-electron chi connectivity index (χ0n) is 9.61. The van der Waals surface area contributed by atoms with Crippen LogP contribution in [-0.4, -0.2) is 20.1 Å². The number of hydrogen-bond donors (Lipinski definition) is 1. The van der Waals surface area contributed by atoms with Gasteiger partial charge in [-0.1, -0.05) is 18.2 Å². The van der Waals surface area contributed by atoms with Gasteiger partial charge in [-0.2, -0.15) is 0 Å². The highest BCUT2D eigenvalue weighted by atomic mass is 16.7. The number of carbonyl (C=O) groups is 1. The third-order valence-corrected chi connectivity index (χ3v) is 3.13. The van der Waals surface area contributed by atoms with Gasteiger partial charge in [0.1, 0.15) is 0 Å². The Morgan fingerprint density at radius 2 is 1.88 bits per heavy atom. The zero-order chi connectivity index (χ0) is 11.8. The standard InChI is InChI=1S/C12H15NO3/c1-8-11(14)13-10-7-5-4-6-9(10)12(8,15-2)16-3/h4-8H,1-3H3,(H,13,14). The number of para-hydroxylation sites is 1. The van der Waals surface area contributed by atoms with Gasteiger partial charge >= 0.3 is 0 Å². The molecular weight excluding hydrogens is 206 g/mol. The molecule has 1 aliphatic rings. The third-order valence-electron chi connectivity index (χ3n) is 3.13. The normalized spacial score (nSPS) is 22.4. The van der Waals surface area contributed by atoms with E-state index in [-0.39, 0.29) is 5.91 Å². The summed E-state index contributed by atoms with van der Waals surface area (Å²) in [6.07, 6.45) is 0. The fraction of sp³-hybridized carbons (Fsp3) is 0.417. The van der Waals surface area contributed by atoms with Crippen molar-refractivity contribution in [3.63, 3.8) is 0 Å². The van der Waals surface area contributed by atoms with Gasteiger partial charge in [0.05, 0.1) is 5.92 Å². The number of amides is 1. The molecule has 0 bridgehead atoms. The molecule has 1 N–H and O–H groups in total. The van der Waals surface area contributed by atoms with Gasteiger partial charge in [-0.25, -0.2) is 0 Å². The molecule has 4 heteroatoms. The molecule has 0 aromatic heterocycles. The number of methoxy groups -OCH3 is 2. The van der Waals surface area contributed by atoms with Crippen molar-refractivity contribution >= 4 is 11.6 Å². The Morgan fingerprint density at radius 3 is 2.50 bits per heavy atom. The Morgan fingerprint density at radius 1 is 1.25 bits per heavy atom. The largest absolute Gasteiger partial charge is 0.349 e. The molecule has 0 spiro atoms. The van der Waals surface area contributed by atoms with Crippen molar-refractivity contribution in [3.8, 4) is 0 Å². The summed E-state index contributed by atoms with van der Waals surface area (Å²) in [5.41, 5.74) is 1.60. The first kappa shape index (κ1) is 11.1. The monoisotopic (exact) mass is 221 g/mol. The molecule has 1 aromatic rings. The summed E-state index contributed by atoms with van der Waals surface area (Å²) in [6, 6.07) is 7.51. The van der Waals surface area contributed by atoms with Crippen LogP contribution in [0.5, 0.6) is 0 Å². The first-order valence-electron chi connectivity index (χ1n) is 5.16. The van der Waals surface area contributed by atoms with Gasteiger partial charge in [0.2, 0.25) is 11.7 Å². The van der Waals surface area contributed by atoms with Gasteiger partial charge in [-0.05, 0) is 13.0 Å². The van der Waals surface area contributed by atoms with Crippen LogP contribution in [0, 0.1) is 5.92 Å². The number of ether oxygens (including phenoxy) is 2. The second-order valence-corrected chi connectivity index (χ2v) is 3.83. The van der Waals surface area contributed by atoms with Crippen LogP contribution >= 0.6 is 0 Å². The fourth-order valence-corrected chi connectivity index (χ4v) is 2.20. The van der Waals surface area contributed by atoms with E-state index in [4.69, 9.17) is 9.47 Å². The topological polar surface area (TPSA) is 47.6 Å². The lowest BCUT2D eigenvalue weighted by atomic mass is 9.87. The third kappa shape index (κ3) is 1.34. The van der Waals surface area contributed by atoms with Crippen molar-refractivity contribution in [1.29, 1.82) is 0 Å². The average molecular weight is 221 g/mol. The van der Waals surface area contributed by atoms with E-state index in [2.05, 4.69) is 5.32 Å². The SMILES string of the molecule is COC1(OC)c2ccccc2NC(=O)C1C. The summed E-state index contributed by atoms with van der Waals surface area (Å²) >= 11 is 0. The summed E-state index contributed by atoms with van der Waals surface area (Å²) in [4.78, 5) is 11.8. The second kappa shape index (κ2) is 3.88. The smallest absolute Gasteiger partial charge is 0.233 e. The highest BCUT2D eigenvalue weighted by Crippen LogP contribution is 2.42. The van der Waals surface area contributed by atoms with Crippen LogP contribution in [0.25, 0.3) is 0 Å². The maximum absolute atomic E-state index is 11.8. The number of fused-ring (bicyclic) bond motifs is 1. The van der Waals surface area contributed by atoms with Crippen LogP contribution in [0.2, 0.25) is 0 Å². The summed E-state index contributed by atoms with van der Waals surface area (Å²) in [6.45, 7) is 1.79. The maximum Gasteiger partial charge on any atom is 0.233 e. The molecular formula is C12H15NO3. The van der Waals surface area contributed by atoms with E-state index in [0.29, 0.717) is 0 Å². The van der Waals surface area contributed by atoms with Crippen LogP contribution in [0.15, 0.2) is 24.3 Å². The average Bonchev–Trinajstić information content (AvgIpc) is 2.32. The zero-order valence-corrected chi connectivity index (χ0v) is 9.61. The van der Waals surface area contributed by atoms with Crippen molar-refractivity contribution < 1.29 is 14.3 Å². The van der Waals surface area contributed by atoms with Crippen molar-refractivity contribution in [2.24, 2.45) is 5.92 Å². The predicted octanol–water partition coefficient (Wildman–Crippen LogP) is 1.72. The number of hydrogen-bond acceptors (Lipinski definition) is 3. The summed E-state index contributed by atoms with van der Waals surface area (Å²) < 4.78 is 10.9. The van der Waals surface area contributed by atoms with Crippen LogP contribution in [0.4, 0.5) is 5.69 Å². The highest BCUT2D eigenvalue weighted by Gasteiger charge is 2.47. The molecule has 1 heterocycles. The highest BCUT2D eigenvalue weighted by molar-refractivity contribution is 5.96. The molecule has 0 saturated carbocycles. The van der Waals surface area contributed by atoms with E-state index >= 15 is 0 Å². The van der Waals surface area contributed by atoms with Crippen LogP contribution in [0.3, 0.4) is 0 Å². The molecule has 16 heavy (non-hydrogen) atoms. The van der Waals surface area contributed by atoms with E-state index in [0.717, 1.165) is 11.3 Å². The van der Waals surface area contributed by atoms with Gasteiger partial charge in [-0.3, -0.25) is 4.79 Å². The van der Waals surface area contributed by atoms with Gasteiger partial charge in [0.15, 0.2) is 0 Å². The van der Waals surface area contributed by atoms with E-state index in [9.17, 15) is 4.79 Å². The minimum absolute atomic E-state index is 0.0950. The van der Waals surface area contributed by atoms with Gasteiger partial charge in [0.25, 0.3) is 0 Å². The summed E-state index contributed by atoms with van der Waals surface area (Å²) in [7, 11) is 3.10. The molecule has 1 amide bonds. The lowest BCUT2D eigenvalue weighted by molar-refractivity contribution is -0.243. The quantitative estimate of drug-likeness (QED) is 0.773. The van der Waals surface area contributed by atoms with Crippen molar-refractivity contribution in [1.82, 2.24) is 0 Å². The Balaban J connectivity index is 2.62. The van der Waals surface area contributed by atoms with E-state index < -0.39 is 11.7 Å². The fourth-order valence-electron chi connectivity index (χ4n) is 2.20. The number of carbonyl (C=O) groups excluding carboxylic acids is 1. The summed E-state index contributed by atoms with van der Waals surface area (Å²) in [5.74, 6) is -1.47. The molecule has 86 valence electrons. The first-order chi connectivity index (χ1) is 7.65. The van der Waals surface area contributed by atoms with Crippen LogP contribution in [0.1, 0.15) is 12.5 Å². The van der Waals surface area contributed by atoms with Crippen molar-refractivity contribution in [2.45, 2.75) is 12.7 Å². The van der Waals surface area contributed by atoms with Gasteiger partial charge in [-0.15, -0.1) is 0 Å². The lowest BCUT2D eigenvalue weighted by Crippen LogP contribution is -2.47. The van der Waals surface area contributed by atoms with Crippen LogP contribution < -0.4 is 5.32 Å². The predicted molar refractivity (Wildman–Crippen MR) is 59.9 cm³/mol. The van der Waals surface area contributed by atoms with Gasteiger partial charge < -0.3 is 14.8 Å². The van der Waals surface area contributed by atoms with E-state index in [1.54, 1.807) is 21.1 Å². The summed E-state index contributed by atoms with van der Waals surface area (Å²) in [5, 5.41) is 2.83. The Bertz CT molecular complexity index is 412. The molecule has 0 aliphatic carbocycles. The van der Waals surface area contributed by atoms with Gasteiger partial charge in [0, 0.05) is 25.5 Å².